The second-order valence-corrected chi connectivity index (χ2v) is 4.70. The number of likely N-dealkylation sites (N-methyl/N-ethyl adjacent to an activating group) is 1. The summed E-state index contributed by atoms with van der Waals surface area (Å²) >= 11 is 0. The number of nitriles is 1. The maximum atomic E-state index is 11.9. The Hall–Kier alpha value is -2.02. The summed E-state index contributed by atoms with van der Waals surface area (Å²) in [5.74, 6) is 0.0721. The maximum absolute atomic E-state index is 11.9. The van der Waals surface area contributed by atoms with Crippen molar-refractivity contribution >= 4 is 11.6 Å². The summed E-state index contributed by atoms with van der Waals surface area (Å²) in [7, 11) is 1.84. The third-order valence-electron chi connectivity index (χ3n) is 3.30. The van der Waals surface area contributed by atoms with Gasteiger partial charge in [0.1, 0.15) is 6.07 Å². The van der Waals surface area contributed by atoms with Gasteiger partial charge in [-0.15, -0.1) is 0 Å². The number of carbonyl (C=O) groups excluding carboxylic acids is 1. The van der Waals surface area contributed by atoms with Gasteiger partial charge < -0.3 is 10.2 Å². The summed E-state index contributed by atoms with van der Waals surface area (Å²) in [5.41, 5.74) is 2.26. The molecule has 94 valence electrons. The Morgan fingerprint density at radius 2 is 2.28 bits per heavy atom. The number of nitrogens with one attached hydrogen (secondary N) is 1. The number of carbonyl (C=O) groups is 1. The van der Waals surface area contributed by atoms with Crippen molar-refractivity contribution in [2.45, 2.75) is 25.8 Å². The van der Waals surface area contributed by atoms with Gasteiger partial charge in [0.05, 0.1) is 17.8 Å². The number of hydrogen-bond donors (Lipinski definition) is 1. The Morgan fingerprint density at radius 1 is 1.56 bits per heavy atom. The van der Waals surface area contributed by atoms with E-state index in [1.165, 1.54) is 0 Å². The number of amides is 1. The predicted octanol–water partition coefficient (Wildman–Crippen LogP) is 1.90. The van der Waals surface area contributed by atoms with Crippen molar-refractivity contribution in [1.82, 2.24) is 4.90 Å². The van der Waals surface area contributed by atoms with Crippen LogP contribution < -0.4 is 5.32 Å². The van der Waals surface area contributed by atoms with E-state index in [-0.39, 0.29) is 12.5 Å². The Bertz CT molecular complexity index is 500. The average Bonchev–Trinajstić information content (AvgIpc) is 3.19. The molecule has 1 amide bonds. The topological polar surface area (TPSA) is 56.1 Å². The van der Waals surface area contributed by atoms with Gasteiger partial charge in [0, 0.05) is 13.1 Å². The van der Waals surface area contributed by atoms with E-state index in [1.54, 1.807) is 4.90 Å². The van der Waals surface area contributed by atoms with Crippen LogP contribution in [0.25, 0.3) is 0 Å². The first-order valence-electron chi connectivity index (χ1n) is 6.12. The van der Waals surface area contributed by atoms with E-state index in [4.69, 9.17) is 5.26 Å². The molecule has 4 nitrogen and oxygen atoms in total. The molecule has 0 atom stereocenters. The number of benzene rings is 1. The molecule has 0 spiro atoms. The molecule has 18 heavy (non-hydrogen) atoms. The zero-order chi connectivity index (χ0) is 13.1. The molecule has 2 rings (SSSR count). The SMILES string of the molecule is Cc1cccc(NCC(=O)N(C)C2CC2)c1C#N. The van der Waals surface area contributed by atoms with Crippen molar-refractivity contribution in [3.63, 3.8) is 0 Å². The van der Waals surface area contributed by atoms with Gasteiger partial charge in [-0.1, -0.05) is 12.1 Å². The molecule has 1 aromatic carbocycles. The lowest BCUT2D eigenvalue weighted by Gasteiger charge is -2.17. The number of nitrogens with zero attached hydrogens (tertiary/aromatic N) is 2. The molecule has 0 unspecified atom stereocenters. The molecule has 0 heterocycles. The highest BCUT2D eigenvalue weighted by Gasteiger charge is 2.29. The van der Waals surface area contributed by atoms with Crippen LogP contribution >= 0.6 is 0 Å². The van der Waals surface area contributed by atoms with Gasteiger partial charge in [-0.3, -0.25) is 4.79 Å². The van der Waals surface area contributed by atoms with E-state index in [0.29, 0.717) is 11.6 Å². The molecule has 1 aliphatic rings. The standard InChI is InChI=1S/C14H17N3O/c1-10-4-3-5-13(12(10)8-15)16-9-14(18)17(2)11-6-7-11/h3-5,11,16H,6-7,9H2,1-2H3. The lowest BCUT2D eigenvalue weighted by molar-refractivity contribution is -0.128. The molecule has 1 saturated carbocycles. The smallest absolute Gasteiger partial charge is 0.241 e. The van der Waals surface area contributed by atoms with Crippen molar-refractivity contribution in [1.29, 1.82) is 5.26 Å². The van der Waals surface area contributed by atoms with Crippen LogP contribution in [0.2, 0.25) is 0 Å². The fraction of sp³-hybridized carbons (Fsp3) is 0.429. The Labute approximate surface area is 107 Å². The summed E-state index contributed by atoms with van der Waals surface area (Å²) in [6.45, 7) is 2.13. The predicted molar refractivity (Wildman–Crippen MR) is 70.2 cm³/mol. The second kappa shape index (κ2) is 5.09. The van der Waals surface area contributed by atoms with Gasteiger partial charge in [-0.05, 0) is 31.4 Å². The monoisotopic (exact) mass is 243 g/mol. The lowest BCUT2D eigenvalue weighted by atomic mass is 10.1. The van der Waals surface area contributed by atoms with Crippen LogP contribution in [-0.4, -0.2) is 30.4 Å². The van der Waals surface area contributed by atoms with Crippen LogP contribution in [0.4, 0.5) is 5.69 Å². The van der Waals surface area contributed by atoms with Crippen molar-refractivity contribution in [3.05, 3.63) is 29.3 Å². The van der Waals surface area contributed by atoms with E-state index in [2.05, 4.69) is 11.4 Å². The summed E-state index contributed by atoms with van der Waals surface area (Å²) in [5, 5.41) is 12.1. The molecule has 1 aliphatic carbocycles. The molecule has 0 saturated heterocycles. The second-order valence-electron chi connectivity index (χ2n) is 4.70. The third kappa shape index (κ3) is 2.62. The number of hydrogen-bond acceptors (Lipinski definition) is 3. The maximum Gasteiger partial charge on any atom is 0.241 e. The van der Waals surface area contributed by atoms with Crippen molar-refractivity contribution in [3.8, 4) is 6.07 Å². The normalized spacial score (nSPS) is 13.8. The van der Waals surface area contributed by atoms with E-state index >= 15 is 0 Å². The lowest BCUT2D eigenvalue weighted by Crippen LogP contribution is -2.33. The Balaban J connectivity index is 2.00. The quantitative estimate of drug-likeness (QED) is 0.878. The molecular weight excluding hydrogens is 226 g/mol. The summed E-state index contributed by atoms with van der Waals surface area (Å²) in [6, 6.07) is 8.19. The molecule has 0 aliphatic heterocycles. The first kappa shape index (κ1) is 12.4. The van der Waals surface area contributed by atoms with E-state index in [0.717, 1.165) is 24.1 Å². The highest BCUT2D eigenvalue weighted by Crippen LogP contribution is 2.25. The first-order valence-corrected chi connectivity index (χ1v) is 6.12. The van der Waals surface area contributed by atoms with Crippen LogP contribution in [0.3, 0.4) is 0 Å². The summed E-state index contributed by atoms with van der Waals surface area (Å²) < 4.78 is 0. The fourth-order valence-electron chi connectivity index (χ4n) is 1.92. The average molecular weight is 243 g/mol. The van der Waals surface area contributed by atoms with Crippen LogP contribution in [0.5, 0.6) is 0 Å². The Morgan fingerprint density at radius 3 is 2.89 bits per heavy atom. The van der Waals surface area contributed by atoms with Crippen LogP contribution in [0.15, 0.2) is 18.2 Å². The number of anilines is 1. The summed E-state index contributed by atoms with van der Waals surface area (Å²) in [4.78, 5) is 13.6. The molecule has 4 heteroatoms. The molecule has 0 bridgehead atoms. The van der Waals surface area contributed by atoms with Gasteiger partial charge in [-0.25, -0.2) is 0 Å². The minimum Gasteiger partial charge on any atom is -0.375 e. The zero-order valence-corrected chi connectivity index (χ0v) is 10.7. The van der Waals surface area contributed by atoms with Crippen LogP contribution in [0, 0.1) is 18.3 Å². The third-order valence-corrected chi connectivity index (χ3v) is 3.30. The number of aryl methyl sites for hydroxylation is 1. The van der Waals surface area contributed by atoms with Crippen LogP contribution in [-0.2, 0) is 4.79 Å². The van der Waals surface area contributed by atoms with Crippen molar-refractivity contribution < 1.29 is 4.79 Å². The van der Waals surface area contributed by atoms with Crippen molar-refractivity contribution in [2.24, 2.45) is 0 Å². The van der Waals surface area contributed by atoms with Crippen LogP contribution in [0.1, 0.15) is 24.0 Å². The fourth-order valence-corrected chi connectivity index (χ4v) is 1.92. The first-order chi connectivity index (χ1) is 8.63. The van der Waals surface area contributed by atoms with Gasteiger partial charge in [-0.2, -0.15) is 5.26 Å². The molecule has 1 N–H and O–H groups in total. The molecule has 1 fully saturated rings. The zero-order valence-electron chi connectivity index (χ0n) is 10.7. The molecule has 0 radical (unpaired) electrons. The minimum absolute atomic E-state index is 0.0721. The highest BCUT2D eigenvalue weighted by molar-refractivity contribution is 5.81. The molecule has 0 aromatic heterocycles. The van der Waals surface area contributed by atoms with Gasteiger partial charge in [0.2, 0.25) is 5.91 Å². The van der Waals surface area contributed by atoms with Gasteiger partial charge in [0.15, 0.2) is 0 Å². The van der Waals surface area contributed by atoms with E-state index in [9.17, 15) is 4.79 Å². The van der Waals surface area contributed by atoms with E-state index < -0.39 is 0 Å². The van der Waals surface area contributed by atoms with Crippen molar-refractivity contribution in [2.75, 3.05) is 18.9 Å². The highest BCUT2D eigenvalue weighted by atomic mass is 16.2. The van der Waals surface area contributed by atoms with Gasteiger partial charge in [0.25, 0.3) is 0 Å². The Kier molecular flexibility index (Phi) is 3.52. The minimum atomic E-state index is 0.0721. The summed E-state index contributed by atoms with van der Waals surface area (Å²) in [6.07, 6.45) is 2.21. The largest absolute Gasteiger partial charge is 0.375 e. The van der Waals surface area contributed by atoms with Gasteiger partial charge >= 0.3 is 0 Å². The number of rotatable bonds is 4. The molecular formula is C14H17N3O. The van der Waals surface area contributed by atoms with E-state index in [1.807, 2.05) is 32.2 Å². The molecule has 1 aromatic rings.